The van der Waals surface area contributed by atoms with Crippen molar-refractivity contribution in [2.45, 2.75) is 108 Å². The maximum atomic E-state index is 13.5. The third kappa shape index (κ3) is 11.1. The van der Waals surface area contributed by atoms with Gasteiger partial charge >= 0.3 is 11.9 Å². The van der Waals surface area contributed by atoms with Crippen molar-refractivity contribution in [3.63, 3.8) is 0 Å². The van der Waals surface area contributed by atoms with Gasteiger partial charge in [0.05, 0.1) is 14.2 Å². The Balaban J connectivity index is 5.73. The molecular weight excluding hydrogens is 476 g/mol. The Kier molecular flexibility index (Phi) is 18.5. The molecule has 8 nitrogen and oxygen atoms in total. The van der Waals surface area contributed by atoms with Crippen LogP contribution in [0.2, 0.25) is 0 Å². The molecule has 4 N–H and O–H groups in total. The lowest BCUT2D eigenvalue weighted by Gasteiger charge is -2.34. The van der Waals surface area contributed by atoms with Crippen molar-refractivity contribution in [2.75, 3.05) is 20.0 Å². The lowest BCUT2D eigenvalue weighted by atomic mass is 9.85. The molecule has 0 heterocycles. The van der Waals surface area contributed by atoms with Gasteiger partial charge in [0.15, 0.2) is 16.3 Å². The van der Waals surface area contributed by atoms with E-state index in [1.54, 1.807) is 0 Å². The number of hydrogen-bond donors (Lipinski definition) is 2. The van der Waals surface area contributed by atoms with Gasteiger partial charge in [-0.2, -0.15) is 0 Å². The Bertz CT molecular complexity index is 607. The highest BCUT2D eigenvalue weighted by Crippen LogP contribution is 2.42. The summed E-state index contributed by atoms with van der Waals surface area (Å²) in [4.78, 5) is 51.2. The Morgan fingerprint density at radius 3 is 1.59 bits per heavy atom. The quantitative estimate of drug-likeness (QED) is 0.0989. The average Bonchev–Trinajstić information content (AvgIpc) is 2.84. The molecule has 34 heavy (non-hydrogen) atoms. The van der Waals surface area contributed by atoms with Crippen LogP contribution < -0.4 is 11.5 Å². The second kappa shape index (κ2) is 19.1. The molecule has 0 saturated heterocycles. The summed E-state index contributed by atoms with van der Waals surface area (Å²) in [6.07, 6.45) is 9.56. The topological polar surface area (TPSA) is 139 Å². The first-order valence-corrected chi connectivity index (χ1v) is 14.6. The molecule has 0 spiro atoms. The molecule has 0 aromatic heterocycles. The zero-order valence-corrected chi connectivity index (χ0v) is 22.9. The van der Waals surface area contributed by atoms with Crippen molar-refractivity contribution in [1.82, 2.24) is 0 Å². The van der Waals surface area contributed by atoms with Crippen molar-refractivity contribution in [2.24, 2.45) is 11.5 Å². The Hall–Kier alpha value is -1.10. The monoisotopic (exact) mass is 520 g/mol. The predicted molar refractivity (Wildman–Crippen MR) is 140 cm³/mol. The molecule has 0 saturated carbocycles. The number of ether oxygens (including phenoxy) is 2. The van der Waals surface area contributed by atoms with Crippen LogP contribution >= 0.6 is 21.6 Å². The van der Waals surface area contributed by atoms with Crippen LogP contribution in [0.4, 0.5) is 0 Å². The van der Waals surface area contributed by atoms with E-state index in [1.807, 2.05) is 0 Å². The smallest absolute Gasteiger partial charge is 0.325 e. The maximum Gasteiger partial charge on any atom is 0.325 e. The van der Waals surface area contributed by atoms with Gasteiger partial charge in [0.2, 0.25) is 0 Å². The molecule has 0 unspecified atom stereocenters. The molecular formula is C24H44N2O6S2. The third-order valence-electron chi connectivity index (χ3n) is 5.68. The molecule has 2 atom stereocenters. The zero-order chi connectivity index (χ0) is 26.0. The van der Waals surface area contributed by atoms with Gasteiger partial charge in [-0.1, -0.05) is 86.8 Å². The molecule has 198 valence electrons. The van der Waals surface area contributed by atoms with E-state index < -0.39 is 28.8 Å². The fourth-order valence-electron chi connectivity index (χ4n) is 3.51. The number of carbonyl (C=O) groups is 4. The summed E-state index contributed by atoms with van der Waals surface area (Å²) in [5.41, 5.74) is 12.1. The Morgan fingerprint density at radius 1 is 0.735 bits per heavy atom. The van der Waals surface area contributed by atoms with Crippen LogP contribution in [0.1, 0.15) is 90.9 Å². The van der Waals surface area contributed by atoms with E-state index in [0.29, 0.717) is 12.8 Å². The molecule has 0 aromatic carbocycles. The predicted octanol–water partition coefficient (Wildman–Crippen LogP) is 3.97. The van der Waals surface area contributed by atoms with Crippen LogP contribution in [0.3, 0.4) is 0 Å². The lowest BCUT2D eigenvalue weighted by Crippen LogP contribution is -2.60. The minimum Gasteiger partial charge on any atom is -0.468 e. The van der Waals surface area contributed by atoms with Gasteiger partial charge in [-0.25, -0.2) is 0 Å². The highest BCUT2D eigenvalue weighted by Gasteiger charge is 2.53. The Morgan fingerprint density at radius 2 is 1.18 bits per heavy atom. The standard InChI is InChI=1S/C24H44N2O6S2/c1-5-7-9-11-13-15-19(27)24(21(26)23(30)32-4,20(28)16-14-12-10-8-6-2)34-33-17-18(25)22(29)31-3/h18,21H,5-17,25-26H2,1-4H3/t18-,21+/m0/s1. The van der Waals surface area contributed by atoms with Crippen LogP contribution in [0.15, 0.2) is 0 Å². The maximum absolute atomic E-state index is 13.5. The van der Waals surface area contributed by atoms with Crippen LogP contribution in [0.25, 0.3) is 0 Å². The van der Waals surface area contributed by atoms with E-state index >= 15 is 0 Å². The minimum atomic E-state index is -1.79. The van der Waals surface area contributed by atoms with Crippen molar-refractivity contribution in [3.8, 4) is 0 Å². The van der Waals surface area contributed by atoms with Crippen LogP contribution in [0.5, 0.6) is 0 Å². The molecule has 10 heteroatoms. The van der Waals surface area contributed by atoms with Crippen molar-refractivity contribution in [3.05, 3.63) is 0 Å². The molecule has 0 aromatic rings. The number of rotatable bonds is 21. The largest absolute Gasteiger partial charge is 0.468 e. The molecule has 0 rings (SSSR count). The van der Waals surface area contributed by atoms with Gasteiger partial charge < -0.3 is 20.9 Å². The second-order valence-electron chi connectivity index (χ2n) is 8.41. The first-order chi connectivity index (χ1) is 16.2. The van der Waals surface area contributed by atoms with E-state index in [-0.39, 0.29) is 30.2 Å². The number of hydrogen-bond acceptors (Lipinski definition) is 10. The van der Waals surface area contributed by atoms with E-state index in [0.717, 1.165) is 73.0 Å². The third-order valence-corrected chi connectivity index (χ3v) is 8.81. The Labute approximate surface area is 212 Å². The summed E-state index contributed by atoms with van der Waals surface area (Å²) in [5, 5.41) is 0. The minimum absolute atomic E-state index is 0.0978. The highest BCUT2D eigenvalue weighted by molar-refractivity contribution is 8.77. The number of nitrogens with two attached hydrogens (primary N) is 2. The van der Waals surface area contributed by atoms with Crippen molar-refractivity contribution >= 4 is 45.1 Å². The van der Waals surface area contributed by atoms with Gasteiger partial charge in [0.25, 0.3) is 0 Å². The van der Waals surface area contributed by atoms with Gasteiger partial charge in [0.1, 0.15) is 12.1 Å². The van der Waals surface area contributed by atoms with Gasteiger partial charge in [-0.3, -0.25) is 19.2 Å². The van der Waals surface area contributed by atoms with E-state index in [4.69, 9.17) is 16.2 Å². The van der Waals surface area contributed by atoms with E-state index in [1.165, 1.54) is 14.2 Å². The number of Topliss-reactive ketones (excluding diaryl/α,β-unsaturated/α-hetero) is 2. The van der Waals surface area contributed by atoms with Gasteiger partial charge in [-0.05, 0) is 12.8 Å². The first-order valence-electron chi connectivity index (χ1n) is 12.3. The summed E-state index contributed by atoms with van der Waals surface area (Å²) >= 11 is 0. The number of ketones is 2. The number of unbranched alkanes of at least 4 members (excludes halogenated alkanes) is 8. The molecule has 0 amide bonds. The average molecular weight is 521 g/mol. The number of carbonyl (C=O) groups excluding carboxylic acids is 4. The molecule has 0 bridgehead atoms. The van der Waals surface area contributed by atoms with Crippen LogP contribution in [-0.4, -0.2) is 60.3 Å². The lowest BCUT2D eigenvalue weighted by molar-refractivity contribution is -0.147. The van der Waals surface area contributed by atoms with E-state index in [9.17, 15) is 19.2 Å². The molecule has 0 radical (unpaired) electrons. The fourth-order valence-corrected chi connectivity index (χ4v) is 6.71. The zero-order valence-electron chi connectivity index (χ0n) is 21.3. The number of methoxy groups -OCH3 is 2. The van der Waals surface area contributed by atoms with Gasteiger partial charge in [0, 0.05) is 18.6 Å². The molecule has 0 aliphatic heterocycles. The molecule has 0 fully saturated rings. The van der Waals surface area contributed by atoms with Crippen LogP contribution in [-0.2, 0) is 28.7 Å². The summed E-state index contributed by atoms with van der Waals surface area (Å²) in [7, 11) is 4.44. The summed E-state index contributed by atoms with van der Waals surface area (Å²) in [6.45, 7) is 4.22. The normalized spacial score (nSPS) is 13.2. The summed E-state index contributed by atoms with van der Waals surface area (Å²) < 4.78 is 7.68. The van der Waals surface area contributed by atoms with Crippen molar-refractivity contribution < 1.29 is 28.7 Å². The van der Waals surface area contributed by atoms with Gasteiger partial charge in [-0.15, -0.1) is 0 Å². The molecule has 0 aliphatic carbocycles. The number of esters is 2. The second-order valence-corrected chi connectivity index (χ2v) is 11.0. The fraction of sp³-hybridized carbons (Fsp3) is 0.833. The SMILES string of the molecule is CCCCCCCC(=O)C(SSC[C@H](N)C(=O)OC)(C(=O)CCCCCCC)[C@H](N)C(=O)OC. The van der Waals surface area contributed by atoms with Crippen LogP contribution in [0, 0.1) is 0 Å². The summed E-state index contributed by atoms with van der Waals surface area (Å²) in [6, 6.07) is -2.38. The first kappa shape index (κ1) is 32.9. The highest BCUT2D eigenvalue weighted by atomic mass is 33.1. The van der Waals surface area contributed by atoms with E-state index in [2.05, 4.69) is 18.6 Å². The van der Waals surface area contributed by atoms with Crippen molar-refractivity contribution in [1.29, 1.82) is 0 Å². The molecule has 0 aliphatic rings. The summed E-state index contributed by atoms with van der Waals surface area (Å²) in [5.74, 6) is -2.06.